The molecule has 6 heteroatoms. The summed E-state index contributed by atoms with van der Waals surface area (Å²) < 4.78 is 14.8. The van der Waals surface area contributed by atoms with Crippen LogP contribution >= 0.6 is 11.3 Å². The van der Waals surface area contributed by atoms with Gasteiger partial charge in [0, 0.05) is 12.0 Å². The van der Waals surface area contributed by atoms with Gasteiger partial charge in [-0.15, -0.1) is 10.2 Å². The molecule has 0 atom stereocenters. The lowest BCUT2D eigenvalue weighted by atomic mass is 10.1. The maximum Gasteiger partial charge on any atom is 0.234 e. The highest BCUT2D eigenvalue weighted by atomic mass is 32.1. The summed E-state index contributed by atoms with van der Waals surface area (Å²) in [5.74, 6) is 0.511. The molecule has 4 aromatic rings. The Morgan fingerprint density at radius 3 is 2.48 bits per heavy atom. The SMILES string of the molecule is Cc1ccc(-c2nn3c(Cc4ccc(F)cc4)nnc3s2)cc1. The van der Waals surface area contributed by atoms with Crippen molar-refractivity contribution >= 4 is 16.3 Å². The Morgan fingerprint density at radius 2 is 1.74 bits per heavy atom. The Labute approximate surface area is 136 Å². The summed E-state index contributed by atoms with van der Waals surface area (Å²) in [5, 5.41) is 13.9. The zero-order chi connectivity index (χ0) is 15.8. The van der Waals surface area contributed by atoms with Crippen LogP contribution in [0.3, 0.4) is 0 Å². The average molecular weight is 324 g/mol. The van der Waals surface area contributed by atoms with Crippen LogP contribution in [0.1, 0.15) is 17.0 Å². The van der Waals surface area contributed by atoms with E-state index in [1.807, 2.05) is 0 Å². The average Bonchev–Trinajstić information content (AvgIpc) is 3.12. The normalized spacial score (nSPS) is 11.2. The van der Waals surface area contributed by atoms with Crippen LogP contribution in [-0.2, 0) is 6.42 Å². The number of hydrogen-bond donors (Lipinski definition) is 0. The molecule has 4 nitrogen and oxygen atoms in total. The molecule has 2 aromatic carbocycles. The van der Waals surface area contributed by atoms with E-state index in [1.165, 1.54) is 29.0 Å². The number of aryl methyl sites for hydroxylation is 1. The van der Waals surface area contributed by atoms with Gasteiger partial charge in [-0.05, 0) is 24.6 Å². The van der Waals surface area contributed by atoms with Crippen LogP contribution in [0.4, 0.5) is 4.39 Å². The van der Waals surface area contributed by atoms with Crippen molar-refractivity contribution in [2.24, 2.45) is 0 Å². The van der Waals surface area contributed by atoms with Gasteiger partial charge in [0.2, 0.25) is 4.96 Å². The molecule has 0 aliphatic heterocycles. The van der Waals surface area contributed by atoms with E-state index in [9.17, 15) is 4.39 Å². The molecule has 0 N–H and O–H groups in total. The smallest absolute Gasteiger partial charge is 0.207 e. The van der Waals surface area contributed by atoms with Crippen molar-refractivity contribution in [3.05, 3.63) is 71.3 Å². The summed E-state index contributed by atoms with van der Waals surface area (Å²) >= 11 is 1.51. The number of rotatable bonds is 3. The second-order valence-electron chi connectivity index (χ2n) is 5.39. The summed E-state index contributed by atoms with van der Waals surface area (Å²) in [6.45, 7) is 2.06. The van der Waals surface area contributed by atoms with Crippen LogP contribution in [0.5, 0.6) is 0 Å². The van der Waals surface area contributed by atoms with E-state index in [2.05, 4.69) is 46.5 Å². The van der Waals surface area contributed by atoms with E-state index < -0.39 is 0 Å². The fraction of sp³-hybridized carbons (Fsp3) is 0.118. The number of halogens is 1. The van der Waals surface area contributed by atoms with Gasteiger partial charge in [-0.25, -0.2) is 4.39 Å². The molecule has 4 rings (SSSR count). The molecule has 0 spiro atoms. The van der Waals surface area contributed by atoms with Gasteiger partial charge in [0.05, 0.1) is 0 Å². The molecule has 0 aliphatic rings. The lowest BCUT2D eigenvalue weighted by Gasteiger charge is -1.98. The van der Waals surface area contributed by atoms with Gasteiger partial charge in [0.25, 0.3) is 0 Å². The molecule has 114 valence electrons. The van der Waals surface area contributed by atoms with Crippen LogP contribution in [0, 0.1) is 12.7 Å². The van der Waals surface area contributed by atoms with Crippen molar-refractivity contribution in [2.75, 3.05) is 0 Å². The van der Waals surface area contributed by atoms with Crippen LogP contribution in [0.25, 0.3) is 15.5 Å². The van der Waals surface area contributed by atoms with Crippen molar-refractivity contribution in [1.29, 1.82) is 0 Å². The van der Waals surface area contributed by atoms with E-state index in [0.29, 0.717) is 6.42 Å². The first kappa shape index (κ1) is 14.0. The van der Waals surface area contributed by atoms with Gasteiger partial charge in [-0.3, -0.25) is 0 Å². The van der Waals surface area contributed by atoms with Crippen molar-refractivity contribution in [1.82, 2.24) is 19.8 Å². The summed E-state index contributed by atoms with van der Waals surface area (Å²) in [7, 11) is 0. The molecular weight excluding hydrogens is 311 g/mol. The highest BCUT2D eigenvalue weighted by Gasteiger charge is 2.13. The maximum atomic E-state index is 13.0. The third kappa shape index (κ3) is 2.73. The Morgan fingerprint density at radius 1 is 1.00 bits per heavy atom. The predicted molar refractivity (Wildman–Crippen MR) is 88.0 cm³/mol. The van der Waals surface area contributed by atoms with E-state index in [0.717, 1.165) is 26.9 Å². The second kappa shape index (κ2) is 5.55. The second-order valence-corrected chi connectivity index (χ2v) is 6.34. The number of aromatic nitrogens is 4. The third-order valence-electron chi connectivity index (χ3n) is 3.63. The Hall–Kier alpha value is -2.60. The molecular formula is C17H13FN4S. The minimum atomic E-state index is -0.240. The highest BCUT2D eigenvalue weighted by molar-refractivity contribution is 7.19. The number of hydrogen-bond acceptors (Lipinski definition) is 4. The molecule has 23 heavy (non-hydrogen) atoms. The molecule has 0 saturated carbocycles. The topological polar surface area (TPSA) is 43.1 Å². The van der Waals surface area contributed by atoms with Crippen molar-refractivity contribution in [3.8, 4) is 10.6 Å². The summed E-state index contributed by atoms with van der Waals surface area (Å²) in [5.41, 5.74) is 3.26. The Bertz CT molecular complexity index is 955. The maximum absolute atomic E-state index is 13.0. The van der Waals surface area contributed by atoms with Crippen molar-refractivity contribution < 1.29 is 4.39 Å². The highest BCUT2D eigenvalue weighted by Crippen LogP contribution is 2.26. The molecule has 2 aromatic heterocycles. The molecule has 0 bridgehead atoms. The zero-order valence-corrected chi connectivity index (χ0v) is 13.2. The van der Waals surface area contributed by atoms with Gasteiger partial charge >= 0.3 is 0 Å². The molecule has 0 aliphatic carbocycles. The predicted octanol–water partition coefficient (Wildman–Crippen LogP) is 3.89. The minimum Gasteiger partial charge on any atom is -0.207 e. The minimum absolute atomic E-state index is 0.240. The van der Waals surface area contributed by atoms with E-state index in [-0.39, 0.29) is 5.82 Å². The molecule has 0 radical (unpaired) electrons. The van der Waals surface area contributed by atoms with Gasteiger partial charge in [-0.1, -0.05) is 53.3 Å². The molecule has 0 unspecified atom stereocenters. The number of fused-ring (bicyclic) bond motifs is 1. The van der Waals surface area contributed by atoms with Gasteiger partial charge in [-0.2, -0.15) is 9.61 Å². The number of nitrogens with zero attached hydrogens (tertiary/aromatic N) is 4. The fourth-order valence-corrected chi connectivity index (χ4v) is 3.23. The standard InChI is InChI=1S/C17H13FN4S/c1-11-2-6-13(7-3-11)16-21-22-15(19-20-17(22)23-16)10-12-4-8-14(18)9-5-12/h2-9H,10H2,1H3. The summed E-state index contributed by atoms with van der Waals surface area (Å²) in [4.78, 5) is 0.762. The molecule has 0 amide bonds. The van der Waals surface area contributed by atoms with Crippen molar-refractivity contribution in [3.63, 3.8) is 0 Å². The quantitative estimate of drug-likeness (QED) is 0.574. The Balaban J connectivity index is 1.69. The third-order valence-corrected chi connectivity index (χ3v) is 4.58. The fourth-order valence-electron chi connectivity index (χ4n) is 2.37. The first-order valence-electron chi connectivity index (χ1n) is 7.22. The first-order valence-corrected chi connectivity index (χ1v) is 8.03. The monoisotopic (exact) mass is 324 g/mol. The van der Waals surface area contributed by atoms with E-state index >= 15 is 0 Å². The largest absolute Gasteiger partial charge is 0.234 e. The Kier molecular flexibility index (Phi) is 3.38. The van der Waals surface area contributed by atoms with E-state index in [1.54, 1.807) is 16.6 Å². The molecule has 2 heterocycles. The van der Waals surface area contributed by atoms with Crippen LogP contribution in [-0.4, -0.2) is 19.8 Å². The van der Waals surface area contributed by atoms with Crippen molar-refractivity contribution in [2.45, 2.75) is 13.3 Å². The van der Waals surface area contributed by atoms with Gasteiger partial charge < -0.3 is 0 Å². The van der Waals surface area contributed by atoms with Crippen LogP contribution in [0.15, 0.2) is 48.5 Å². The van der Waals surface area contributed by atoms with Gasteiger partial charge in [0.15, 0.2) is 5.82 Å². The zero-order valence-electron chi connectivity index (χ0n) is 12.4. The van der Waals surface area contributed by atoms with Crippen LogP contribution < -0.4 is 0 Å². The molecule has 0 saturated heterocycles. The van der Waals surface area contributed by atoms with Crippen LogP contribution in [0.2, 0.25) is 0 Å². The van der Waals surface area contributed by atoms with Gasteiger partial charge in [0.1, 0.15) is 10.8 Å². The summed E-state index contributed by atoms with van der Waals surface area (Å²) in [6.07, 6.45) is 0.568. The first-order chi connectivity index (χ1) is 11.2. The molecule has 0 fully saturated rings. The lowest BCUT2D eigenvalue weighted by Crippen LogP contribution is -1.97. The van der Waals surface area contributed by atoms with E-state index in [4.69, 9.17) is 0 Å². The lowest BCUT2D eigenvalue weighted by molar-refractivity contribution is 0.627. The summed E-state index contributed by atoms with van der Waals surface area (Å²) in [6, 6.07) is 14.7. The number of benzene rings is 2.